The van der Waals surface area contributed by atoms with Gasteiger partial charge in [0.25, 0.3) is 0 Å². The predicted molar refractivity (Wildman–Crippen MR) is 60.8 cm³/mol. The average Bonchev–Trinajstić information content (AvgIpc) is 2.63. The standard InChI is InChI=1S/C12H20N2O2/c1-8-11(16)14(9(2)10(15)13-8)12(3)6-4-5-7-12/h8-9H,4-7H2,1-3H3,(H,13,15). The van der Waals surface area contributed by atoms with Crippen LogP contribution in [-0.2, 0) is 9.59 Å². The highest BCUT2D eigenvalue weighted by molar-refractivity contribution is 5.96. The van der Waals surface area contributed by atoms with E-state index in [1.54, 1.807) is 6.92 Å². The van der Waals surface area contributed by atoms with Crippen molar-refractivity contribution in [3.63, 3.8) is 0 Å². The van der Waals surface area contributed by atoms with E-state index >= 15 is 0 Å². The Labute approximate surface area is 96.4 Å². The Kier molecular flexibility index (Phi) is 2.68. The first kappa shape index (κ1) is 11.4. The van der Waals surface area contributed by atoms with Crippen LogP contribution in [0.5, 0.6) is 0 Å². The molecule has 2 rings (SSSR count). The van der Waals surface area contributed by atoms with E-state index in [1.165, 1.54) is 0 Å². The van der Waals surface area contributed by atoms with Crippen molar-refractivity contribution in [2.75, 3.05) is 0 Å². The van der Waals surface area contributed by atoms with Crippen LogP contribution in [-0.4, -0.2) is 34.3 Å². The lowest BCUT2D eigenvalue weighted by atomic mass is 9.93. The average molecular weight is 224 g/mol. The molecule has 1 N–H and O–H groups in total. The normalized spacial score (nSPS) is 34.1. The van der Waals surface area contributed by atoms with E-state index in [0.717, 1.165) is 25.7 Å². The van der Waals surface area contributed by atoms with E-state index < -0.39 is 0 Å². The second-order valence-corrected chi connectivity index (χ2v) is 5.32. The van der Waals surface area contributed by atoms with Crippen molar-refractivity contribution >= 4 is 11.8 Å². The van der Waals surface area contributed by atoms with Gasteiger partial charge in [-0.15, -0.1) is 0 Å². The van der Waals surface area contributed by atoms with Crippen molar-refractivity contribution in [3.05, 3.63) is 0 Å². The number of nitrogens with zero attached hydrogens (tertiary/aromatic N) is 1. The first-order valence-electron chi connectivity index (χ1n) is 6.09. The largest absolute Gasteiger partial charge is 0.343 e. The van der Waals surface area contributed by atoms with Crippen molar-refractivity contribution in [2.45, 2.75) is 64.1 Å². The topological polar surface area (TPSA) is 49.4 Å². The van der Waals surface area contributed by atoms with Gasteiger partial charge in [0, 0.05) is 5.54 Å². The third kappa shape index (κ3) is 1.60. The number of piperazine rings is 1. The van der Waals surface area contributed by atoms with Crippen LogP contribution in [0.2, 0.25) is 0 Å². The third-order valence-electron chi connectivity index (χ3n) is 4.00. The lowest BCUT2D eigenvalue weighted by molar-refractivity contribution is -0.155. The van der Waals surface area contributed by atoms with Gasteiger partial charge < -0.3 is 10.2 Å². The van der Waals surface area contributed by atoms with Gasteiger partial charge in [-0.1, -0.05) is 12.8 Å². The maximum atomic E-state index is 12.2. The summed E-state index contributed by atoms with van der Waals surface area (Å²) in [5.41, 5.74) is -0.109. The van der Waals surface area contributed by atoms with E-state index in [-0.39, 0.29) is 29.4 Å². The van der Waals surface area contributed by atoms with E-state index in [4.69, 9.17) is 0 Å². The van der Waals surface area contributed by atoms with Crippen LogP contribution in [0.4, 0.5) is 0 Å². The summed E-state index contributed by atoms with van der Waals surface area (Å²) in [4.78, 5) is 25.8. The highest BCUT2D eigenvalue weighted by atomic mass is 16.2. The summed E-state index contributed by atoms with van der Waals surface area (Å²) in [6.07, 6.45) is 4.35. The van der Waals surface area contributed by atoms with Crippen molar-refractivity contribution in [1.82, 2.24) is 10.2 Å². The van der Waals surface area contributed by atoms with E-state index in [9.17, 15) is 9.59 Å². The zero-order valence-electron chi connectivity index (χ0n) is 10.2. The number of carbonyl (C=O) groups is 2. The van der Waals surface area contributed by atoms with Crippen LogP contribution in [0.1, 0.15) is 46.5 Å². The molecule has 1 saturated carbocycles. The summed E-state index contributed by atoms with van der Waals surface area (Å²) in [5.74, 6) is 0.0386. The summed E-state index contributed by atoms with van der Waals surface area (Å²) in [7, 11) is 0. The highest BCUT2D eigenvalue weighted by Gasteiger charge is 2.46. The monoisotopic (exact) mass is 224 g/mol. The van der Waals surface area contributed by atoms with Crippen molar-refractivity contribution in [1.29, 1.82) is 0 Å². The van der Waals surface area contributed by atoms with Crippen molar-refractivity contribution in [3.8, 4) is 0 Å². The first-order chi connectivity index (χ1) is 7.46. The molecule has 2 amide bonds. The smallest absolute Gasteiger partial charge is 0.245 e. The minimum atomic E-state index is -0.374. The Bertz CT molecular complexity index is 321. The second kappa shape index (κ2) is 3.75. The number of amides is 2. The Hall–Kier alpha value is -1.06. The molecule has 2 unspecified atom stereocenters. The number of hydrogen-bond donors (Lipinski definition) is 1. The Morgan fingerprint density at radius 1 is 1.25 bits per heavy atom. The molecule has 0 spiro atoms. The van der Waals surface area contributed by atoms with Gasteiger partial charge >= 0.3 is 0 Å². The van der Waals surface area contributed by atoms with E-state index in [0.29, 0.717) is 0 Å². The molecule has 1 aliphatic heterocycles. The van der Waals surface area contributed by atoms with Gasteiger partial charge in [0.1, 0.15) is 12.1 Å². The quantitative estimate of drug-likeness (QED) is 0.724. The summed E-state index contributed by atoms with van der Waals surface area (Å²) < 4.78 is 0. The molecule has 2 fully saturated rings. The van der Waals surface area contributed by atoms with Crippen molar-refractivity contribution in [2.24, 2.45) is 0 Å². The maximum Gasteiger partial charge on any atom is 0.245 e. The molecule has 90 valence electrons. The number of rotatable bonds is 1. The maximum absolute atomic E-state index is 12.2. The van der Waals surface area contributed by atoms with Gasteiger partial charge in [-0.2, -0.15) is 0 Å². The Balaban J connectivity index is 2.29. The molecular weight excluding hydrogens is 204 g/mol. The summed E-state index contributed by atoms with van der Waals surface area (Å²) in [6.45, 7) is 5.69. The molecule has 2 aliphatic rings. The van der Waals surface area contributed by atoms with Gasteiger partial charge in [0.05, 0.1) is 0 Å². The van der Waals surface area contributed by atoms with Gasteiger partial charge in [0.15, 0.2) is 0 Å². The van der Waals surface area contributed by atoms with Crippen LogP contribution < -0.4 is 5.32 Å². The molecular formula is C12H20N2O2. The van der Waals surface area contributed by atoms with Crippen LogP contribution in [0.25, 0.3) is 0 Å². The molecule has 1 saturated heterocycles. The molecule has 0 aromatic rings. The third-order valence-corrected chi connectivity index (χ3v) is 4.00. The molecule has 1 aliphatic carbocycles. The van der Waals surface area contributed by atoms with Gasteiger partial charge in [-0.05, 0) is 33.6 Å². The molecule has 0 aromatic carbocycles. The highest BCUT2D eigenvalue weighted by Crippen LogP contribution is 2.37. The molecule has 16 heavy (non-hydrogen) atoms. The SMILES string of the molecule is CC1NC(=O)C(C)N(C2(C)CCCC2)C1=O. The fourth-order valence-corrected chi connectivity index (χ4v) is 3.02. The molecule has 0 aromatic heterocycles. The lowest BCUT2D eigenvalue weighted by Gasteiger charge is -2.46. The minimum Gasteiger partial charge on any atom is -0.343 e. The number of hydrogen-bond acceptors (Lipinski definition) is 2. The van der Waals surface area contributed by atoms with Crippen LogP contribution in [0, 0.1) is 0 Å². The minimum absolute atomic E-state index is 0.0276. The number of carbonyl (C=O) groups excluding carboxylic acids is 2. The van der Waals surface area contributed by atoms with Crippen LogP contribution in [0.3, 0.4) is 0 Å². The molecule has 1 heterocycles. The Morgan fingerprint density at radius 3 is 2.38 bits per heavy atom. The van der Waals surface area contributed by atoms with Gasteiger partial charge in [-0.3, -0.25) is 9.59 Å². The number of nitrogens with one attached hydrogen (secondary N) is 1. The first-order valence-corrected chi connectivity index (χ1v) is 6.09. The fourth-order valence-electron chi connectivity index (χ4n) is 3.02. The lowest BCUT2D eigenvalue weighted by Crippen LogP contribution is -2.66. The summed E-state index contributed by atoms with van der Waals surface area (Å²) >= 11 is 0. The zero-order valence-corrected chi connectivity index (χ0v) is 10.2. The summed E-state index contributed by atoms with van der Waals surface area (Å²) in [6, 6.07) is -0.701. The molecule has 0 radical (unpaired) electrons. The van der Waals surface area contributed by atoms with Crippen molar-refractivity contribution < 1.29 is 9.59 Å². The second-order valence-electron chi connectivity index (χ2n) is 5.32. The van der Waals surface area contributed by atoms with Crippen LogP contribution >= 0.6 is 0 Å². The van der Waals surface area contributed by atoms with Crippen LogP contribution in [0.15, 0.2) is 0 Å². The van der Waals surface area contributed by atoms with E-state index in [2.05, 4.69) is 12.2 Å². The Morgan fingerprint density at radius 2 is 1.81 bits per heavy atom. The van der Waals surface area contributed by atoms with Gasteiger partial charge in [0.2, 0.25) is 11.8 Å². The summed E-state index contributed by atoms with van der Waals surface area (Å²) in [5, 5.41) is 2.72. The molecule has 4 heteroatoms. The molecule has 4 nitrogen and oxygen atoms in total. The zero-order chi connectivity index (χ0) is 11.9. The van der Waals surface area contributed by atoms with E-state index in [1.807, 2.05) is 11.8 Å². The predicted octanol–water partition coefficient (Wildman–Crippen LogP) is 1.05. The fraction of sp³-hybridized carbons (Fsp3) is 0.833. The molecule has 0 bridgehead atoms. The van der Waals surface area contributed by atoms with Gasteiger partial charge in [-0.25, -0.2) is 0 Å². The molecule has 2 atom stereocenters.